The van der Waals surface area contributed by atoms with Crippen LogP contribution in [-0.4, -0.2) is 42.2 Å². The Hall–Kier alpha value is -2.75. The Kier molecular flexibility index (Phi) is 5.84. The molecule has 1 aromatic rings. The van der Waals surface area contributed by atoms with Crippen molar-refractivity contribution < 1.29 is 19.4 Å². The van der Waals surface area contributed by atoms with Gasteiger partial charge in [-0.25, -0.2) is 9.59 Å². The second-order valence-corrected chi connectivity index (χ2v) is 3.97. The van der Waals surface area contributed by atoms with Gasteiger partial charge in [0.2, 0.25) is 0 Å². The molecule has 2 amide bonds. The molecule has 1 aromatic carbocycles. The summed E-state index contributed by atoms with van der Waals surface area (Å²) in [6.07, 6.45) is 0.270. The van der Waals surface area contributed by atoms with E-state index in [0.29, 0.717) is 18.0 Å². The molecule has 0 aliphatic carbocycles. The standard InChI is InChI=1S/C13H15N3O4/c1-16(8-2-7-14)13(19)15-10-3-5-11(6-4-10)20-9-12(17)18/h3-6H,2,8-9H2,1H3,(H,15,19)(H,17,18). The fraction of sp³-hybridized carbons (Fsp3) is 0.308. The van der Waals surface area contributed by atoms with Crippen LogP contribution in [0.1, 0.15) is 6.42 Å². The van der Waals surface area contributed by atoms with Crippen LogP contribution in [0.2, 0.25) is 0 Å². The number of benzene rings is 1. The second kappa shape index (κ2) is 7.63. The number of aliphatic carboxylic acids is 1. The van der Waals surface area contributed by atoms with E-state index in [2.05, 4.69) is 5.32 Å². The first-order chi connectivity index (χ1) is 9.52. The third-order valence-electron chi connectivity index (χ3n) is 2.37. The minimum Gasteiger partial charge on any atom is -0.482 e. The zero-order chi connectivity index (χ0) is 15.0. The number of nitriles is 1. The molecule has 106 valence electrons. The molecule has 0 aliphatic rings. The molecule has 0 spiro atoms. The first kappa shape index (κ1) is 15.3. The molecular weight excluding hydrogens is 262 g/mol. The van der Waals surface area contributed by atoms with Crippen LogP contribution in [0.25, 0.3) is 0 Å². The molecule has 0 saturated heterocycles. The van der Waals surface area contributed by atoms with E-state index in [-0.39, 0.29) is 12.5 Å². The molecule has 0 saturated carbocycles. The molecular formula is C13H15N3O4. The zero-order valence-corrected chi connectivity index (χ0v) is 11.0. The van der Waals surface area contributed by atoms with Crippen LogP contribution in [0.15, 0.2) is 24.3 Å². The highest BCUT2D eigenvalue weighted by Gasteiger charge is 2.08. The quantitative estimate of drug-likeness (QED) is 0.820. The third kappa shape index (κ3) is 5.27. The molecule has 0 radical (unpaired) electrons. The molecule has 2 N–H and O–H groups in total. The molecule has 0 atom stereocenters. The average Bonchev–Trinajstić information content (AvgIpc) is 2.43. The summed E-state index contributed by atoms with van der Waals surface area (Å²) in [4.78, 5) is 23.5. The van der Waals surface area contributed by atoms with Crippen LogP contribution in [-0.2, 0) is 4.79 Å². The smallest absolute Gasteiger partial charge is 0.341 e. The van der Waals surface area contributed by atoms with Gasteiger partial charge >= 0.3 is 12.0 Å². The van der Waals surface area contributed by atoms with Crippen LogP contribution in [0.3, 0.4) is 0 Å². The molecule has 0 heterocycles. The van der Waals surface area contributed by atoms with Crippen molar-refractivity contribution in [2.75, 3.05) is 25.5 Å². The number of rotatable bonds is 6. The first-order valence-electron chi connectivity index (χ1n) is 5.86. The summed E-state index contributed by atoms with van der Waals surface area (Å²) in [5.41, 5.74) is 0.557. The maximum Gasteiger partial charge on any atom is 0.341 e. The topological polar surface area (TPSA) is 103 Å². The molecule has 0 unspecified atom stereocenters. The van der Waals surface area contributed by atoms with Gasteiger partial charge in [0.15, 0.2) is 6.61 Å². The largest absolute Gasteiger partial charge is 0.482 e. The normalized spacial score (nSPS) is 9.40. The fourth-order valence-electron chi connectivity index (χ4n) is 1.32. The number of nitrogens with one attached hydrogen (secondary N) is 1. The predicted octanol–water partition coefficient (Wildman–Crippen LogP) is 1.53. The minimum atomic E-state index is -1.05. The minimum absolute atomic E-state index is 0.270. The first-order valence-corrected chi connectivity index (χ1v) is 5.86. The van der Waals surface area contributed by atoms with E-state index >= 15 is 0 Å². The van der Waals surface area contributed by atoms with Gasteiger partial charge < -0.3 is 20.1 Å². The van der Waals surface area contributed by atoms with Gasteiger partial charge in [-0.05, 0) is 24.3 Å². The van der Waals surface area contributed by atoms with Gasteiger partial charge in [0, 0.05) is 19.3 Å². The van der Waals surface area contributed by atoms with Crippen LogP contribution < -0.4 is 10.1 Å². The lowest BCUT2D eigenvalue weighted by Gasteiger charge is -2.16. The molecule has 0 aliphatic heterocycles. The Labute approximate surface area is 116 Å². The number of urea groups is 1. The van der Waals surface area contributed by atoms with Crippen LogP contribution in [0.4, 0.5) is 10.5 Å². The van der Waals surface area contributed by atoms with Crippen molar-refractivity contribution in [1.82, 2.24) is 4.90 Å². The lowest BCUT2D eigenvalue weighted by molar-refractivity contribution is -0.139. The summed E-state index contributed by atoms with van der Waals surface area (Å²) in [5.74, 6) is -0.648. The maximum absolute atomic E-state index is 11.7. The summed E-state index contributed by atoms with van der Waals surface area (Å²) in [6, 6.07) is 7.98. The van der Waals surface area contributed by atoms with Crippen LogP contribution in [0, 0.1) is 11.3 Å². The Balaban J connectivity index is 2.50. The Morgan fingerprint density at radius 3 is 2.60 bits per heavy atom. The Morgan fingerprint density at radius 1 is 1.40 bits per heavy atom. The van der Waals surface area contributed by atoms with E-state index in [4.69, 9.17) is 15.1 Å². The number of ether oxygens (including phenoxy) is 1. The number of hydrogen-bond donors (Lipinski definition) is 2. The third-order valence-corrected chi connectivity index (χ3v) is 2.37. The van der Waals surface area contributed by atoms with Crippen molar-refractivity contribution in [3.05, 3.63) is 24.3 Å². The van der Waals surface area contributed by atoms with E-state index in [1.807, 2.05) is 6.07 Å². The monoisotopic (exact) mass is 277 g/mol. The van der Waals surface area contributed by atoms with Crippen molar-refractivity contribution in [2.24, 2.45) is 0 Å². The average molecular weight is 277 g/mol. The van der Waals surface area contributed by atoms with E-state index in [0.717, 1.165) is 0 Å². The zero-order valence-electron chi connectivity index (χ0n) is 11.0. The lowest BCUT2D eigenvalue weighted by Crippen LogP contribution is -2.31. The summed E-state index contributed by atoms with van der Waals surface area (Å²) in [7, 11) is 1.59. The van der Waals surface area contributed by atoms with Gasteiger partial charge in [0.25, 0.3) is 0 Å². The van der Waals surface area contributed by atoms with E-state index in [1.54, 1.807) is 31.3 Å². The van der Waals surface area contributed by atoms with Gasteiger partial charge in [-0.2, -0.15) is 5.26 Å². The van der Waals surface area contributed by atoms with Crippen molar-refractivity contribution in [3.63, 3.8) is 0 Å². The predicted molar refractivity (Wildman–Crippen MR) is 71.5 cm³/mol. The highest BCUT2D eigenvalue weighted by Crippen LogP contribution is 2.15. The van der Waals surface area contributed by atoms with Crippen molar-refractivity contribution in [3.8, 4) is 11.8 Å². The number of amides is 2. The molecule has 1 rings (SSSR count). The number of nitrogens with zero attached hydrogens (tertiary/aromatic N) is 2. The van der Waals surface area contributed by atoms with Crippen molar-refractivity contribution in [1.29, 1.82) is 5.26 Å². The Bertz CT molecular complexity index is 507. The van der Waals surface area contributed by atoms with Gasteiger partial charge in [-0.3, -0.25) is 0 Å². The maximum atomic E-state index is 11.7. The number of carbonyl (C=O) groups is 2. The van der Waals surface area contributed by atoms with Gasteiger partial charge in [0.05, 0.1) is 12.5 Å². The SMILES string of the molecule is CN(CCC#N)C(=O)Nc1ccc(OCC(=O)O)cc1. The molecule has 7 nitrogen and oxygen atoms in total. The molecule has 20 heavy (non-hydrogen) atoms. The van der Waals surface area contributed by atoms with Crippen molar-refractivity contribution in [2.45, 2.75) is 6.42 Å². The number of anilines is 1. The van der Waals surface area contributed by atoms with Gasteiger partial charge in [-0.15, -0.1) is 0 Å². The molecule has 0 fully saturated rings. The van der Waals surface area contributed by atoms with E-state index in [1.165, 1.54) is 4.90 Å². The fourth-order valence-corrected chi connectivity index (χ4v) is 1.32. The van der Waals surface area contributed by atoms with Crippen LogP contribution in [0.5, 0.6) is 5.75 Å². The highest BCUT2D eigenvalue weighted by molar-refractivity contribution is 5.89. The van der Waals surface area contributed by atoms with Gasteiger partial charge in [0.1, 0.15) is 5.75 Å². The number of hydrogen-bond acceptors (Lipinski definition) is 4. The van der Waals surface area contributed by atoms with Crippen LogP contribution >= 0.6 is 0 Å². The van der Waals surface area contributed by atoms with E-state index < -0.39 is 12.6 Å². The summed E-state index contributed by atoms with van der Waals surface area (Å²) in [6.45, 7) is -0.0647. The Morgan fingerprint density at radius 2 is 2.05 bits per heavy atom. The summed E-state index contributed by atoms with van der Waals surface area (Å²) >= 11 is 0. The van der Waals surface area contributed by atoms with Gasteiger partial charge in [-0.1, -0.05) is 0 Å². The highest BCUT2D eigenvalue weighted by atomic mass is 16.5. The molecule has 7 heteroatoms. The second-order valence-electron chi connectivity index (χ2n) is 3.97. The number of carboxylic acids is 1. The van der Waals surface area contributed by atoms with Crippen molar-refractivity contribution >= 4 is 17.7 Å². The number of carbonyl (C=O) groups excluding carboxylic acids is 1. The lowest BCUT2D eigenvalue weighted by atomic mass is 10.3. The van der Waals surface area contributed by atoms with E-state index in [9.17, 15) is 9.59 Å². The summed E-state index contributed by atoms with van der Waals surface area (Å²) in [5, 5.41) is 19.6. The molecule has 0 bridgehead atoms. The summed E-state index contributed by atoms with van der Waals surface area (Å²) < 4.78 is 4.97. The molecule has 0 aromatic heterocycles. The number of carboxylic acid groups (broad SMARTS) is 1.